The van der Waals surface area contributed by atoms with Crippen molar-refractivity contribution in [2.75, 3.05) is 6.61 Å². The topological polar surface area (TPSA) is 35.0 Å². The lowest BCUT2D eigenvalue weighted by Gasteiger charge is -2.07. The van der Waals surface area contributed by atoms with Gasteiger partial charge in [0.1, 0.15) is 0 Å². The first-order chi connectivity index (χ1) is 7.33. The van der Waals surface area contributed by atoms with Crippen LogP contribution in [0.1, 0.15) is 18.9 Å². The first-order valence-corrected chi connectivity index (χ1v) is 5.16. The van der Waals surface area contributed by atoms with Crippen molar-refractivity contribution in [3.8, 4) is 5.88 Å². The fraction of sp³-hybridized carbons (Fsp3) is 0.333. The van der Waals surface area contributed by atoms with Crippen LogP contribution < -0.4 is 4.74 Å². The summed E-state index contributed by atoms with van der Waals surface area (Å²) < 4.78 is 5.55. The molecule has 0 spiro atoms. The molecule has 1 heterocycles. The van der Waals surface area contributed by atoms with Crippen LogP contribution in [0.5, 0.6) is 5.88 Å². The Hall–Kier alpha value is -1.64. The fourth-order valence-electron chi connectivity index (χ4n) is 1.54. The number of benzene rings is 1. The van der Waals surface area contributed by atoms with E-state index in [-0.39, 0.29) is 0 Å². The molecule has 15 heavy (non-hydrogen) atoms. The Labute approximate surface area is 89.1 Å². The van der Waals surface area contributed by atoms with E-state index in [1.165, 1.54) is 5.56 Å². The molecule has 0 bridgehead atoms. The fourth-order valence-corrected chi connectivity index (χ4v) is 1.54. The first-order valence-electron chi connectivity index (χ1n) is 5.16. The summed E-state index contributed by atoms with van der Waals surface area (Å²) in [5.41, 5.74) is 1.20. The van der Waals surface area contributed by atoms with Gasteiger partial charge < -0.3 is 4.74 Å². The van der Waals surface area contributed by atoms with E-state index in [0.717, 1.165) is 17.2 Å². The molecule has 0 unspecified atom stereocenters. The van der Waals surface area contributed by atoms with Gasteiger partial charge in [-0.05, 0) is 25.0 Å². The largest absolute Gasteiger partial charge is 0.476 e. The number of rotatable bonds is 3. The maximum Gasteiger partial charge on any atom is 0.241 e. The maximum absolute atomic E-state index is 5.55. The van der Waals surface area contributed by atoms with E-state index in [1.807, 2.05) is 12.1 Å². The molecule has 0 aliphatic carbocycles. The quantitative estimate of drug-likeness (QED) is 0.767. The summed E-state index contributed by atoms with van der Waals surface area (Å²) in [4.78, 5) is 0. The van der Waals surface area contributed by atoms with Gasteiger partial charge in [-0.15, -0.1) is 5.10 Å². The molecule has 0 aliphatic heterocycles. The van der Waals surface area contributed by atoms with Crippen molar-refractivity contribution in [1.29, 1.82) is 0 Å². The molecule has 1 aromatic carbocycles. The second-order valence-corrected chi connectivity index (χ2v) is 3.53. The van der Waals surface area contributed by atoms with Crippen LogP contribution >= 0.6 is 0 Å². The van der Waals surface area contributed by atoms with Crippen LogP contribution in [0.15, 0.2) is 24.4 Å². The third kappa shape index (κ3) is 1.91. The van der Waals surface area contributed by atoms with Crippen molar-refractivity contribution in [2.45, 2.75) is 20.3 Å². The highest BCUT2D eigenvalue weighted by Gasteiger charge is 2.05. The van der Waals surface area contributed by atoms with Crippen molar-refractivity contribution in [3.63, 3.8) is 0 Å². The summed E-state index contributed by atoms with van der Waals surface area (Å²) in [5.74, 6) is 0.637. The van der Waals surface area contributed by atoms with Crippen molar-refractivity contribution in [3.05, 3.63) is 30.0 Å². The predicted molar refractivity (Wildman–Crippen MR) is 60.1 cm³/mol. The molecule has 0 radical (unpaired) electrons. The summed E-state index contributed by atoms with van der Waals surface area (Å²) in [6.07, 6.45) is 2.76. The molecule has 0 aliphatic rings. The van der Waals surface area contributed by atoms with Crippen LogP contribution in [-0.2, 0) is 0 Å². The second kappa shape index (κ2) is 4.26. The SMILES string of the molecule is CCCOc1nncc2c(C)cccc12. The zero-order valence-electron chi connectivity index (χ0n) is 9.03. The highest BCUT2D eigenvalue weighted by atomic mass is 16.5. The summed E-state index contributed by atoms with van der Waals surface area (Å²) in [6.45, 7) is 4.82. The average molecular weight is 202 g/mol. The second-order valence-electron chi connectivity index (χ2n) is 3.53. The zero-order chi connectivity index (χ0) is 10.7. The van der Waals surface area contributed by atoms with E-state index in [2.05, 4.69) is 30.1 Å². The third-order valence-corrected chi connectivity index (χ3v) is 2.33. The lowest BCUT2D eigenvalue weighted by Crippen LogP contribution is -1.99. The molecule has 2 rings (SSSR count). The van der Waals surface area contributed by atoms with Crippen molar-refractivity contribution >= 4 is 10.8 Å². The molecule has 0 fully saturated rings. The molecule has 1 aromatic heterocycles. The van der Waals surface area contributed by atoms with Crippen molar-refractivity contribution in [1.82, 2.24) is 10.2 Å². The van der Waals surface area contributed by atoms with Crippen molar-refractivity contribution < 1.29 is 4.74 Å². The van der Waals surface area contributed by atoms with Gasteiger partial charge in [-0.3, -0.25) is 0 Å². The van der Waals surface area contributed by atoms with E-state index in [4.69, 9.17) is 4.74 Å². The number of hydrogen-bond donors (Lipinski definition) is 0. The van der Waals surface area contributed by atoms with Gasteiger partial charge in [0.25, 0.3) is 0 Å². The van der Waals surface area contributed by atoms with Crippen LogP contribution in [0.2, 0.25) is 0 Å². The minimum atomic E-state index is 0.637. The Bertz CT molecular complexity index is 468. The molecule has 3 heteroatoms. The highest BCUT2D eigenvalue weighted by molar-refractivity contribution is 5.88. The number of ether oxygens (including phenoxy) is 1. The molecular formula is C12H14N2O. The molecule has 3 nitrogen and oxygen atoms in total. The van der Waals surface area contributed by atoms with Gasteiger partial charge in [0, 0.05) is 10.8 Å². The monoisotopic (exact) mass is 202 g/mol. The molecule has 2 aromatic rings. The van der Waals surface area contributed by atoms with Gasteiger partial charge in [0.15, 0.2) is 0 Å². The van der Waals surface area contributed by atoms with Gasteiger partial charge in [-0.25, -0.2) is 0 Å². The summed E-state index contributed by atoms with van der Waals surface area (Å²) in [7, 11) is 0. The molecule has 0 saturated heterocycles. The number of hydrogen-bond acceptors (Lipinski definition) is 3. The van der Waals surface area contributed by atoms with Crippen LogP contribution in [0.25, 0.3) is 10.8 Å². The van der Waals surface area contributed by atoms with Crippen LogP contribution in [0.3, 0.4) is 0 Å². The number of nitrogens with zero attached hydrogens (tertiary/aromatic N) is 2. The normalized spacial score (nSPS) is 10.5. The Morgan fingerprint density at radius 1 is 1.27 bits per heavy atom. The molecule has 0 N–H and O–H groups in total. The Morgan fingerprint density at radius 3 is 2.93 bits per heavy atom. The lowest BCUT2D eigenvalue weighted by atomic mass is 10.1. The highest BCUT2D eigenvalue weighted by Crippen LogP contribution is 2.24. The van der Waals surface area contributed by atoms with E-state index >= 15 is 0 Å². The van der Waals surface area contributed by atoms with E-state index < -0.39 is 0 Å². The maximum atomic E-state index is 5.55. The van der Waals surface area contributed by atoms with Gasteiger partial charge in [0.05, 0.1) is 12.8 Å². The molecule has 0 saturated carbocycles. The lowest BCUT2D eigenvalue weighted by molar-refractivity contribution is 0.306. The van der Waals surface area contributed by atoms with Gasteiger partial charge in [0.2, 0.25) is 5.88 Å². The summed E-state index contributed by atoms with van der Waals surface area (Å²) in [6, 6.07) is 6.09. The van der Waals surface area contributed by atoms with Gasteiger partial charge in [-0.2, -0.15) is 5.10 Å². The molecule has 0 atom stereocenters. The predicted octanol–water partition coefficient (Wildman–Crippen LogP) is 2.73. The Morgan fingerprint density at radius 2 is 2.13 bits per heavy atom. The molecular weight excluding hydrogens is 188 g/mol. The molecule has 78 valence electrons. The van der Waals surface area contributed by atoms with Crippen molar-refractivity contribution in [2.24, 2.45) is 0 Å². The summed E-state index contributed by atoms with van der Waals surface area (Å²) in [5, 5.41) is 10.1. The van der Waals surface area contributed by atoms with Gasteiger partial charge in [-0.1, -0.05) is 19.1 Å². The van der Waals surface area contributed by atoms with Crippen LogP contribution in [0, 0.1) is 6.92 Å². The minimum absolute atomic E-state index is 0.637. The van der Waals surface area contributed by atoms with E-state index in [0.29, 0.717) is 12.5 Å². The Balaban J connectivity index is 2.51. The number of aryl methyl sites for hydroxylation is 1. The smallest absolute Gasteiger partial charge is 0.241 e. The first kappa shape index (κ1) is 9.90. The standard InChI is InChI=1S/C12H14N2O/c1-3-7-15-12-10-6-4-5-9(2)11(10)8-13-14-12/h4-6,8H,3,7H2,1-2H3. The van der Waals surface area contributed by atoms with Gasteiger partial charge >= 0.3 is 0 Å². The minimum Gasteiger partial charge on any atom is -0.476 e. The number of fused-ring (bicyclic) bond motifs is 1. The van der Waals surface area contributed by atoms with Crippen LogP contribution in [0.4, 0.5) is 0 Å². The average Bonchev–Trinajstić information content (AvgIpc) is 2.27. The van der Waals surface area contributed by atoms with E-state index in [1.54, 1.807) is 6.20 Å². The van der Waals surface area contributed by atoms with E-state index in [9.17, 15) is 0 Å². The zero-order valence-corrected chi connectivity index (χ0v) is 9.03. The molecule has 0 amide bonds. The third-order valence-electron chi connectivity index (χ3n) is 2.33. The van der Waals surface area contributed by atoms with Crippen LogP contribution in [-0.4, -0.2) is 16.8 Å². The Kier molecular flexibility index (Phi) is 2.81. The summed E-state index contributed by atoms with van der Waals surface area (Å²) >= 11 is 0. The number of aromatic nitrogens is 2.